The molecule has 5 heteroatoms. The summed E-state index contributed by atoms with van der Waals surface area (Å²) in [5.74, 6) is -0.0372. The number of esters is 1. The van der Waals surface area contributed by atoms with Gasteiger partial charge in [-0.2, -0.15) is 0 Å². The Labute approximate surface area is 192 Å². The molecule has 0 saturated carbocycles. The van der Waals surface area contributed by atoms with Crippen LogP contribution in [0.5, 0.6) is 5.75 Å². The maximum atomic E-state index is 13.4. The van der Waals surface area contributed by atoms with Crippen LogP contribution in [-0.2, 0) is 14.3 Å². The molecule has 2 aliphatic rings. The van der Waals surface area contributed by atoms with Crippen LogP contribution in [0.1, 0.15) is 84.6 Å². The lowest BCUT2D eigenvalue weighted by Crippen LogP contribution is -2.38. The van der Waals surface area contributed by atoms with Crippen molar-refractivity contribution in [1.29, 1.82) is 0 Å². The molecule has 0 amide bonds. The van der Waals surface area contributed by atoms with E-state index in [1.54, 1.807) is 0 Å². The SMILES string of the molecule is CCCCCOC(=O)C1=C(C)NC2=C(C(=O)CC(C)(C)C2)[C@@H]1c1ccccc1OCCC. The van der Waals surface area contributed by atoms with Gasteiger partial charge in [-0.3, -0.25) is 4.79 Å². The fraction of sp³-hybridized carbons (Fsp3) is 0.556. The number of rotatable bonds is 9. The molecule has 1 aliphatic heterocycles. The molecule has 1 N–H and O–H groups in total. The van der Waals surface area contributed by atoms with Gasteiger partial charge in [0.2, 0.25) is 0 Å². The second-order valence-corrected chi connectivity index (χ2v) is 9.66. The first-order chi connectivity index (χ1) is 15.3. The highest BCUT2D eigenvalue weighted by Gasteiger charge is 2.43. The van der Waals surface area contributed by atoms with Crippen LogP contribution in [0, 0.1) is 5.41 Å². The first-order valence-electron chi connectivity index (χ1n) is 11.9. The Hall–Kier alpha value is -2.56. The van der Waals surface area contributed by atoms with E-state index in [-0.39, 0.29) is 17.2 Å². The quantitative estimate of drug-likeness (QED) is 0.388. The van der Waals surface area contributed by atoms with Crippen LogP contribution in [0.4, 0.5) is 0 Å². The molecule has 1 aromatic carbocycles. The molecule has 0 saturated heterocycles. The van der Waals surface area contributed by atoms with Crippen molar-refractivity contribution in [2.75, 3.05) is 13.2 Å². The minimum Gasteiger partial charge on any atom is -0.493 e. The number of carbonyl (C=O) groups excluding carboxylic acids is 2. The highest BCUT2D eigenvalue weighted by Crippen LogP contribution is 2.48. The number of carbonyl (C=O) groups is 2. The lowest BCUT2D eigenvalue weighted by molar-refractivity contribution is -0.139. The van der Waals surface area contributed by atoms with Gasteiger partial charge in [0, 0.05) is 29.0 Å². The number of hydrogen-bond acceptors (Lipinski definition) is 5. The molecule has 5 nitrogen and oxygen atoms in total. The lowest BCUT2D eigenvalue weighted by atomic mass is 9.68. The smallest absolute Gasteiger partial charge is 0.336 e. The number of ether oxygens (including phenoxy) is 2. The second kappa shape index (κ2) is 10.4. The zero-order valence-electron chi connectivity index (χ0n) is 20.2. The predicted octanol–water partition coefficient (Wildman–Crippen LogP) is 5.81. The van der Waals surface area contributed by atoms with E-state index < -0.39 is 5.92 Å². The molecule has 0 spiro atoms. The van der Waals surface area contributed by atoms with Crippen molar-refractivity contribution in [2.45, 2.75) is 79.1 Å². The summed E-state index contributed by atoms with van der Waals surface area (Å²) >= 11 is 0. The minimum absolute atomic E-state index is 0.0860. The monoisotopic (exact) mass is 439 g/mol. The number of allylic oxidation sites excluding steroid dienone is 3. The summed E-state index contributed by atoms with van der Waals surface area (Å²) in [5, 5.41) is 3.40. The molecule has 32 heavy (non-hydrogen) atoms. The molecule has 174 valence electrons. The van der Waals surface area contributed by atoms with Crippen molar-refractivity contribution in [3.8, 4) is 5.75 Å². The minimum atomic E-state index is -0.485. The average Bonchev–Trinajstić information content (AvgIpc) is 2.73. The average molecular weight is 440 g/mol. The summed E-state index contributed by atoms with van der Waals surface area (Å²) < 4.78 is 11.7. The highest BCUT2D eigenvalue weighted by atomic mass is 16.5. The Kier molecular flexibility index (Phi) is 7.81. The molecule has 0 fully saturated rings. The van der Waals surface area contributed by atoms with Crippen LogP contribution in [0.2, 0.25) is 0 Å². The number of unbranched alkanes of at least 4 members (excludes halogenated alkanes) is 2. The van der Waals surface area contributed by atoms with Crippen LogP contribution in [0.3, 0.4) is 0 Å². The summed E-state index contributed by atoms with van der Waals surface area (Å²) in [6.07, 6.45) is 5.01. The van der Waals surface area contributed by atoms with Gasteiger partial charge in [-0.05, 0) is 37.7 Å². The number of ketones is 1. The van der Waals surface area contributed by atoms with E-state index in [9.17, 15) is 9.59 Å². The van der Waals surface area contributed by atoms with Gasteiger partial charge in [0.05, 0.1) is 24.7 Å². The van der Waals surface area contributed by atoms with Crippen LogP contribution >= 0.6 is 0 Å². The zero-order chi connectivity index (χ0) is 23.3. The Morgan fingerprint density at radius 3 is 2.56 bits per heavy atom. The van der Waals surface area contributed by atoms with Crippen molar-refractivity contribution in [1.82, 2.24) is 5.32 Å². The first-order valence-corrected chi connectivity index (χ1v) is 11.9. The largest absolute Gasteiger partial charge is 0.493 e. The second-order valence-electron chi connectivity index (χ2n) is 9.66. The third-order valence-electron chi connectivity index (χ3n) is 6.13. The lowest BCUT2D eigenvalue weighted by Gasteiger charge is -2.39. The van der Waals surface area contributed by atoms with Crippen molar-refractivity contribution < 1.29 is 19.1 Å². The van der Waals surface area contributed by atoms with Gasteiger partial charge in [0.25, 0.3) is 0 Å². The van der Waals surface area contributed by atoms with Crippen molar-refractivity contribution in [3.63, 3.8) is 0 Å². The van der Waals surface area contributed by atoms with Gasteiger partial charge < -0.3 is 14.8 Å². The molecule has 0 bridgehead atoms. The molecule has 0 unspecified atom stereocenters. The fourth-order valence-electron chi connectivity index (χ4n) is 4.67. The van der Waals surface area contributed by atoms with Crippen LogP contribution in [-0.4, -0.2) is 25.0 Å². The number of Topliss-reactive ketones (excluding diaryl/α,β-unsaturated/α-hetero) is 1. The van der Waals surface area contributed by atoms with Gasteiger partial charge in [0.15, 0.2) is 5.78 Å². The summed E-state index contributed by atoms with van der Waals surface area (Å²) in [5.41, 5.74) is 3.60. The Bertz CT molecular complexity index is 925. The van der Waals surface area contributed by atoms with Gasteiger partial charge in [-0.1, -0.05) is 58.7 Å². The van der Waals surface area contributed by atoms with Gasteiger partial charge >= 0.3 is 5.97 Å². The molecular formula is C27H37NO4. The Balaban J connectivity index is 2.07. The molecular weight excluding hydrogens is 402 g/mol. The van der Waals surface area contributed by atoms with Crippen molar-refractivity contribution >= 4 is 11.8 Å². The fourth-order valence-corrected chi connectivity index (χ4v) is 4.67. The summed E-state index contributed by atoms with van der Waals surface area (Å²) in [6, 6.07) is 7.75. The van der Waals surface area contributed by atoms with Gasteiger partial charge in [0.1, 0.15) is 5.75 Å². The maximum absolute atomic E-state index is 13.4. The van der Waals surface area contributed by atoms with Crippen LogP contribution in [0.15, 0.2) is 46.8 Å². The van der Waals surface area contributed by atoms with Crippen LogP contribution < -0.4 is 10.1 Å². The number of nitrogens with one attached hydrogen (secondary N) is 1. The van der Waals surface area contributed by atoms with E-state index in [0.717, 1.165) is 54.8 Å². The Morgan fingerprint density at radius 2 is 1.84 bits per heavy atom. The van der Waals surface area contributed by atoms with Gasteiger partial charge in [-0.15, -0.1) is 0 Å². The first kappa shape index (κ1) is 24.1. The Morgan fingerprint density at radius 1 is 1.09 bits per heavy atom. The standard InChI is InChI=1S/C27H37NO4/c1-6-8-11-15-32-26(30)23-18(3)28-20-16-27(4,5)17-21(29)25(20)24(23)19-12-9-10-13-22(19)31-14-7-2/h9-10,12-13,24,28H,6-8,11,14-17H2,1-5H3/t24-/m1/s1. The van der Waals surface area contributed by atoms with E-state index in [1.165, 1.54) is 0 Å². The van der Waals surface area contributed by atoms with E-state index in [2.05, 4.69) is 33.0 Å². The summed E-state index contributed by atoms with van der Waals surface area (Å²) in [6.45, 7) is 11.3. The normalized spacial score (nSPS) is 20.0. The third kappa shape index (κ3) is 5.25. The molecule has 1 atom stereocenters. The van der Waals surface area contributed by atoms with Crippen LogP contribution in [0.25, 0.3) is 0 Å². The molecule has 0 radical (unpaired) electrons. The van der Waals surface area contributed by atoms with E-state index in [0.29, 0.717) is 30.8 Å². The summed E-state index contributed by atoms with van der Waals surface area (Å²) in [4.78, 5) is 26.7. The van der Waals surface area contributed by atoms with E-state index >= 15 is 0 Å². The molecule has 3 rings (SSSR count). The number of hydrogen-bond donors (Lipinski definition) is 1. The van der Waals surface area contributed by atoms with Crippen molar-refractivity contribution in [3.05, 3.63) is 52.4 Å². The number of para-hydroxylation sites is 1. The maximum Gasteiger partial charge on any atom is 0.336 e. The van der Waals surface area contributed by atoms with E-state index in [1.807, 2.05) is 31.2 Å². The highest BCUT2D eigenvalue weighted by molar-refractivity contribution is 6.04. The zero-order valence-corrected chi connectivity index (χ0v) is 20.2. The number of dihydropyridines is 1. The third-order valence-corrected chi connectivity index (χ3v) is 6.13. The van der Waals surface area contributed by atoms with Gasteiger partial charge in [-0.25, -0.2) is 4.79 Å². The van der Waals surface area contributed by atoms with E-state index in [4.69, 9.17) is 9.47 Å². The van der Waals surface area contributed by atoms with Crippen molar-refractivity contribution in [2.24, 2.45) is 5.41 Å². The number of benzene rings is 1. The topological polar surface area (TPSA) is 64.6 Å². The predicted molar refractivity (Wildman–Crippen MR) is 126 cm³/mol. The molecule has 1 heterocycles. The molecule has 0 aromatic heterocycles. The molecule has 1 aromatic rings. The molecule has 1 aliphatic carbocycles. The summed E-state index contributed by atoms with van der Waals surface area (Å²) in [7, 11) is 0.